The summed E-state index contributed by atoms with van der Waals surface area (Å²) >= 11 is 0. The fraction of sp³-hybridized carbons (Fsp3) is 0.208. The Bertz CT molecular complexity index is 1510. The van der Waals surface area contributed by atoms with Crippen LogP contribution in [0.2, 0.25) is 0 Å². The molecule has 0 spiro atoms. The van der Waals surface area contributed by atoms with E-state index in [0.717, 1.165) is 29.7 Å². The lowest BCUT2D eigenvalue weighted by Gasteiger charge is -2.25. The number of rotatable bonds is 5. The highest BCUT2D eigenvalue weighted by atomic mass is 19.1. The fourth-order valence-electron chi connectivity index (χ4n) is 4.44. The van der Waals surface area contributed by atoms with Crippen molar-refractivity contribution in [2.24, 2.45) is 0 Å². The van der Waals surface area contributed by atoms with Gasteiger partial charge in [0.25, 0.3) is 0 Å². The van der Waals surface area contributed by atoms with Gasteiger partial charge in [0.1, 0.15) is 23.0 Å². The Morgan fingerprint density at radius 1 is 0.971 bits per heavy atom. The maximum absolute atomic E-state index is 14.5. The van der Waals surface area contributed by atoms with Crippen LogP contribution in [0.4, 0.5) is 14.6 Å². The van der Waals surface area contributed by atoms with E-state index in [4.69, 9.17) is 9.72 Å². The molecule has 1 saturated heterocycles. The Labute approximate surface area is 198 Å². The van der Waals surface area contributed by atoms with E-state index in [1.165, 1.54) is 0 Å². The number of aromatic nitrogens is 7. The molecule has 11 heteroatoms. The van der Waals surface area contributed by atoms with Crippen LogP contribution in [0.25, 0.3) is 22.5 Å². The number of ether oxygens (including phenoxy) is 1. The normalized spacial score (nSPS) is 15.7. The average molecular weight is 474 g/mol. The van der Waals surface area contributed by atoms with Crippen molar-refractivity contribution in [2.45, 2.75) is 18.9 Å². The summed E-state index contributed by atoms with van der Waals surface area (Å²) in [5.41, 5.74) is 3.14. The van der Waals surface area contributed by atoms with Gasteiger partial charge in [0.15, 0.2) is 5.65 Å². The van der Waals surface area contributed by atoms with Gasteiger partial charge in [0, 0.05) is 42.3 Å². The van der Waals surface area contributed by atoms with E-state index in [1.54, 1.807) is 47.2 Å². The predicted octanol–water partition coefficient (Wildman–Crippen LogP) is 4.00. The summed E-state index contributed by atoms with van der Waals surface area (Å²) in [5.74, 6) is -0.0456. The van der Waals surface area contributed by atoms with Gasteiger partial charge in [-0.1, -0.05) is 0 Å². The molecule has 5 aromatic rings. The van der Waals surface area contributed by atoms with Gasteiger partial charge < -0.3 is 9.64 Å². The molecule has 0 aliphatic carbocycles. The lowest BCUT2D eigenvalue weighted by Crippen LogP contribution is -2.25. The number of nitrogens with zero attached hydrogens (tertiary/aromatic N) is 8. The molecular weight excluding hydrogens is 454 g/mol. The standard InChI is InChI=1S/C24H20F2N8O/c1-35-22-7-4-15(11-27-22)16-12-28-34(14-16)19-13-29-33-10-8-21(31-24(19)33)32-9-2-3-18(32)23-17(25)5-6-20(26)30-23/h4-8,10-14,18H,2-3,9H2,1H3/t18-/m0/s1. The molecule has 35 heavy (non-hydrogen) atoms. The molecule has 1 aliphatic rings. The Kier molecular flexibility index (Phi) is 5.09. The molecule has 5 aromatic heterocycles. The first kappa shape index (κ1) is 21.1. The summed E-state index contributed by atoms with van der Waals surface area (Å²) in [4.78, 5) is 14.9. The van der Waals surface area contributed by atoms with Crippen LogP contribution in [0, 0.1) is 11.8 Å². The third-order valence-corrected chi connectivity index (χ3v) is 6.15. The van der Waals surface area contributed by atoms with Crippen molar-refractivity contribution in [3.05, 3.63) is 78.8 Å². The maximum Gasteiger partial charge on any atom is 0.213 e. The second-order valence-electron chi connectivity index (χ2n) is 8.20. The number of hydrogen-bond donors (Lipinski definition) is 0. The van der Waals surface area contributed by atoms with Crippen molar-refractivity contribution < 1.29 is 13.5 Å². The number of hydrogen-bond acceptors (Lipinski definition) is 7. The molecule has 0 amide bonds. The first-order chi connectivity index (χ1) is 17.1. The van der Waals surface area contributed by atoms with E-state index in [1.807, 2.05) is 23.2 Å². The van der Waals surface area contributed by atoms with E-state index in [9.17, 15) is 8.78 Å². The Balaban J connectivity index is 1.35. The number of anilines is 1. The molecule has 0 aromatic carbocycles. The van der Waals surface area contributed by atoms with E-state index in [-0.39, 0.29) is 5.69 Å². The number of methoxy groups -OCH3 is 1. The Morgan fingerprint density at radius 2 is 1.89 bits per heavy atom. The molecule has 1 atom stereocenters. The first-order valence-electron chi connectivity index (χ1n) is 11.1. The number of pyridine rings is 2. The lowest BCUT2D eigenvalue weighted by atomic mass is 10.1. The molecular formula is C24H20F2N8O. The Morgan fingerprint density at radius 3 is 2.71 bits per heavy atom. The first-order valence-corrected chi connectivity index (χ1v) is 11.1. The molecule has 9 nitrogen and oxygen atoms in total. The van der Waals surface area contributed by atoms with E-state index in [0.29, 0.717) is 36.0 Å². The minimum absolute atomic E-state index is 0.0997. The SMILES string of the molecule is COc1ccc(-c2cnn(-c3cnn4ccc(N5CCC[C@H]5c5nc(F)ccc5F)nc34)c2)cn1. The van der Waals surface area contributed by atoms with Gasteiger partial charge >= 0.3 is 0 Å². The summed E-state index contributed by atoms with van der Waals surface area (Å²) in [7, 11) is 1.57. The molecule has 1 aliphatic heterocycles. The summed E-state index contributed by atoms with van der Waals surface area (Å²) < 4.78 is 36.7. The molecule has 6 rings (SSSR count). The van der Waals surface area contributed by atoms with Crippen LogP contribution in [0.1, 0.15) is 24.6 Å². The van der Waals surface area contributed by atoms with Gasteiger partial charge in [-0.3, -0.25) is 0 Å². The molecule has 6 heterocycles. The molecule has 0 unspecified atom stereocenters. The van der Waals surface area contributed by atoms with Crippen LogP contribution >= 0.6 is 0 Å². The third-order valence-electron chi connectivity index (χ3n) is 6.15. The zero-order valence-corrected chi connectivity index (χ0v) is 18.7. The molecule has 0 bridgehead atoms. The zero-order valence-electron chi connectivity index (χ0n) is 18.7. The third kappa shape index (κ3) is 3.74. The summed E-state index contributed by atoms with van der Waals surface area (Å²) in [6.07, 6.45) is 10.3. The van der Waals surface area contributed by atoms with Crippen molar-refractivity contribution in [1.82, 2.24) is 34.3 Å². The van der Waals surface area contributed by atoms with Gasteiger partial charge in [-0.15, -0.1) is 0 Å². The smallest absolute Gasteiger partial charge is 0.213 e. The monoisotopic (exact) mass is 474 g/mol. The van der Waals surface area contributed by atoms with Gasteiger partial charge in [0.2, 0.25) is 11.8 Å². The van der Waals surface area contributed by atoms with E-state index >= 15 is 0 Å². The van der Waals surface area contributed by atoms with Crippen molar-refractivity contribution in [3.63, 3.8) is 0 Å². The van der Waals surface area contributed by atoms with Crippen molar-refractivity contribution in [1.29, 1.82) is 0 Å². The summed E-state index contributed by atoms with van der Waals surface area (Å²) in [6, 6.07) is 7.27. The van der Waals surface area contributed by atoms with Crippen LogP contribution in [0.3, 0.4) is 0 Å². The minimum Gasteiger partial charge on any atom is -0.481 e. The highest BCUT2D eigenvalue weighted by Gasteiger charge is 2.31. The average Bonchev–Trinajstić information content (AvgIpc) is 3.64. The summed E-state index contributed by atoms with van der Waals surface area (Å²) in [6.45, 7) is 0.658. The minimum atomic E-state index is -0.698. The highest BCUT2D eigenvalue weighted by molar-refractivity contribution is 5.65. The van der Waals surface area contributed by atoms with Crippen LogP contribution in [-0.4, -0.2) is 48.0 Å². The van der Waals surface area contributed by atoms with Crippen LogP contribution in [-0.2, 0) is 0 Å². The van der Waals surface area contributed by atoms with Gasteiger partial charge in [-0.05, 0) is 37.1 Å². The van der Waals surface area contributed by atoms with Gasteiger partial charge in [0.05, 0.1) is 25.5 Å². The van der Waals surface area contributed by atoms with Crippen LogP contribution in [0.5, 0.6) is 5.88 Å². The second-order valence-corrected chi connectivity index (χ2v) is 8.20. The maximum atomic E-state index is 14.5. The van der Waals surface area contributed by atoms with Crippen LogP contribution < -0.4 is 9.64 Å². The van der Waals surface area contributed by atoms with Crippen molar-refractivity contribution in [3.8, 4) is 22.7 Å². The molecule has 0 N–H and O–H groups in total. The molecule has 0 radical (unpaired) electrons. The van der Waals surface area contributed by atoms with E-state index < -0.39 is 17.8 Å². The lowest BCUT2D eigenvalue weighted by molar-refractivity contribution is 0.398. The second kappa shape index (κ2) is 8.42. The van der Waals surface area contributed by atoms with Gasteiger partial charge in [-0.2, -0.15) is 14.6 Å². The van der Waals surface area contributed by atoms with Crippen LogP contribution in [0.15, 0.2) is 61.3 Å². The fourth-order valence-corrected chi connectivity index (χ4v) is 4.44. The Hall–Kier alpha value is -4.41. The van der Waals surface area contributed by atoms with Gasteiger partial charge in [-0.25, -0.2) is 28.5 Å². The summed E-state index contributed by atoms with van der Waals surface area (Å²) in [5, 5.41) is 8.88. The number of halogens is 2. The predicted molar refractivity (Wildman–Crippen MR) is 123 cm³/mol. The quantitative estimate of drug-likeness (QED) is 0.356. The zero-order chi connectivity index (χ0) is 23.9. The molecule has 0 saturated carbocycles. The topological polar surface area (TPSA) is 86.3 Å². The largest absolute Gasteiger partial charge is 0.481 e. The number of fused-ring (bicyclic) bond motifs is 1. The molecule has 176 valence electrons. The van der Waals surface area contributed by atoms with Crippen molar-refractivity contribution in [2.75, 3.05) is 18.6 Å². The highest BCUT2D eigenvalue weighted by Crippen LogP contribution is 2.36. The van der Waals surface area contributed by atoms with E-state index in [2.05, 4.69) is 20.2 Å². The van der Waals surface area contributed by atoms with Crippen molar-refractivity contribution >= 4 is 11.5 Å². The molecule has 1 fully saturated rings.